The molecule has 34 heavy (non-hydrogen) atoms. The van der Waals surface area contributed by atoms with E-state index < -0.39 is 12.2 Å². The van der Waals surface area contributed by atoms with Gasteiger partial charge in [-0.1, -0.05) is 6.07 Å². The third-order valence-electron chi connectivity index (χ3n) is 5.65. The van der Waals surface area contributed by atoms with Crippen molar-refractivity contribution in [3.05, 3.63) is 63.6 Å². The molecule has 0 bridgehead atoms. The number of cyclic esters (lactones) is 1. The van der Waals surface area contributed by atoms with Gasteiger partial charge in [0.05, 0.1) is 23.8 Å². The average molecular weight is 462 g/mol. The molecule has 11 nitrogen and oxygen atoms in total. The Balaban J connectivity index is 1.34. The van der Waals surface area contributed by atoms with E-state index >= 15 is 0 Å². The fourth-order valence-corrected chi connectivity index (χ4v) is 3.65. The number of ether oxygens (including phenoxy) is 2. The van der Waals surface area contributed by atoms with Gasteiger partial charge in [0.2, 0.25) is 0 Å². The Morgan fingerprint density at radius 1 is 1.41 bits per heavy atom. The lowest BCUT2D eigenvalue weighted by Crippen LogP contribution is -2.29. The number of alkyl carbamates (subject to hydrolysis) is 1. The van der Waals surface area contributed by atoms with Gasteiger partial charge < -0.3 is 19.9 Å². The van der Waals surface area contributed by atoms with Crippen LogP contribution >= 0.6 is 0 Å². The van der Waals surface area contributed by atoms with Crippen molar-refractivity contribution in [2.75, 3.05) is 6.54 Å². The molecule has 1 aliphatic heterocycles. The molecular weight excluding hydrogens is 440 g/mol. The van der Waals surface area contributed by atoms with Crippen LogP contribution in [0.15, 0.2) is 24.4 Å². The van der Waals surface area contributed by atoms with E-state index in [4.69, 9.17) is 14.7 Å². The van der Waals surface area contributed by atoms with Gasteiger partial charge in [-0.05, 0) is 42.7 Å². The molecule has 3 aromatic rings. The van der Waals surface area contributed by atoms with Crippen LogP contribution in [0.1, 0.15) is 50.1 Å². The number of nitrogens with zero attached hydrogens (tertiary/aromatic N) is 5. The summed E-state index contributed by atoms with van der Waals surface area (Å²) in [6.45, 7) is 3.55. The number of aryl methyl sites for hydroxylation is 2. The van der Waals surface area contributed by atoms with Crippen molar-refractivity contribution in [1.29, 1.82) is 5.26 Å². The minimum Gasteiger partial charge on any atom is -0.457 e. The van der Waals surface area contributed by atoms with Crippen LogP contribution in [0, 0.1) is 25.2 Å². The number of benzene rings is 1. The zero-order chi connectivity index (χ0) is 24.4. The second-order valence-corrected chi connectivity index (χ2v) is 7.83. The van der Waals surface area contributed by atoms with Crippen LogP contribution in [0.2, 0.25) is 0 Å². The predicted molar refractivity (Wildman–Crippen MR) is 117 cm³/mol. The number of fused-ring (bicyclic) bond motifs is 1. The van der Waals surface area contributed by atoms with Gasteiger partial charge in [0.25, 0.3) is 0 Å². The molecule has 2 N–H and O–H groups in total. The maximum Gasteiger partial charge on any atom is 0.407 e. The molecule has 0 radical (unpaired) electrons. The number of hydrogen-bond acceptors (Lipinski definition) is 9. The van der Waals surface area contributed by atoms with Gasteiger partial charge in [-0.15, -0.1) is 5.10 Å². The molecule has 0 saturated carbocycles. The standard InChI is InChI=1S/C23H22N6O5/c1-12-6-18(25-8-14(12)7-24)21-27-20(29(3)28-21)11-34-23(32)26-9-19(30)15-4-5-16-17(13(15)2)10-33-22(16)31/h4-6,8,19,30H,9-11H2,1-3H3,(H,26,32). The Morgan fingerprint density at radius 3 is 2.94 bits per heavy atom. The van der Waals surface area contributed by atoms with E-state index in [1.54, 1.807) is 39.1 Å². The molecule has 2 aromatic heterocycles. The molecule has 1 aromatic carbocycles. The van der Waals surface area contributed by atoms with Crippen molar-refractivity contribution >= 4 is 12.1 Å². The van der Waals surface area contributed by atoms with Crippen molar-refractivity contribution < 1.29 is 24.2 Å². The topological polar surface area (TPSA) is 152 Å². The third kappa shape index (κ3) is 4.44. The average Bonchev–Trinajstić information content (AvgIpc) is 3.39. The summed E-state index contributed by atoms with van der Waals surface area (Å²) in [5, 5.41) is 26.4. The first-order chi connectivity index (χ1) is 16.3. The monoisotopic (exact) mass is 462 g/mol. The molecule has 1 atom stereocenters. The molecule has 0 spiro atoms. The van der Waals surface area contributed by atoms with Crippen molar-refractivity contribution in [3.63, 3.8) is 0 Å². The van der Waals surface area contributed by atoms with E-state index in [2.05, 4.69) is 26.5 Å². The molecule has 0 saturated heterocycles. The van der Waals surface area contributed by atoms with Gasteiger partial charge >= 0.3 is 12.1 Å². The summed E-state index contributed by atoms with van der Waals surface area (Å²) >= 11 is 0. The molecule has 1 aliphatic rings. The quantitative estimate of drug-likeness (QED) is 0.524. The molecule has 1 unspecified atom stereocenters. The number of hydrogen-bond donors (Lipinski definition) is 2. The number of aromatic nitrogens is 4. The van der Waals surface area contributed by atoms with E-state index in [1.807, 2.05) is 0 Å². The molecule has 11 heteroatoms. The number of rotatable bonds is 6. The maximum absolute atomic E-state index is 12.2. The molecule has 0 fully saturated rings. The Hall–Kier alpha value is -4.30. The zero-order valence-electron chi connectivity index (χ0n) is 18.8. The number of aliphatic hydroxyl groups excluding tert-OH is 1. The van der Waals surface area contributed by atoms with E-state index in [9.17, 15) is 14.7 Å². The van der Waals surface area contributed by atoms with E-state index in [0.717, 1.165) is 16.7 Å². The highest BCUT2D eigenvalue weighted by Gasteiger charge is 2.25. The molecule has 174 valence electrons. The van der Waals surface area contributed by atoms with Crippen LogP contribution < -0.4 is 5.32 Å². The second-order valence-electron chi connectivity index (χ2n) is 7.83. The van der Waals surface area contributed by atoms with Crippen LogP contribution in [-0.4, -0.2) is 43.5 Å². The second kappa shape index (κ2) is 9.29. The summed E-state index contributed by atoms with van der Waals surface area (Å²) in [4.78, 5) is 32.4. The Morgan fingerprint density at radius 2 is 2.21 bits per heavy atom. The molecule has 0 aliphatic carbocycles. The first-order valence-corrected chi connectivity index (χ1v) is 10.4. The van der Waals surface area contributed by atoms with Gasteiger partial charge in [0.1, 0.15) is 18.4 Å². The number of amides is 1. The number of nitriles is 1. The van der Waals surface area contributed by atoms with Crippen molar-refractivity contribution in [2.24, 2.45) is 7.05 Å². The highest BCUT2D eigenvalue weighted by Crippen LogP contribution is 2.28. The number of pyridine rings is 1. The molecule has 1 amide bonds. The van der Waals surface area contributed by atoms with E-state index in [0.29, 0.717) is 34.0 Å². The number of carbonyl (C=O) groups is 2. The summed E-state index contributed by atoms with van der Waals surface area (Å²) in [6.07, 6.45) is -0.252. The number of esters is 1. The summed E-state index contributed by atoms with van der Waals surface area (Å²) < 4.78 is 11.7. The minimum atomic E-state index is -0.985. The summed E-state index contributed by atoms with van der Waals surface area (Å²) in [7, 11) is 1.67. The minimum absolute atomic E-state index is 0.0776. The Labute approximate surface area is 195 Å². The van der Waals surface area contributed by atoms with Gasteiger partial charge in [0.15, 0.2) is 18.3 Å². The van der Waals surface area contributed by atoms with Crippen LogP contribution in [0.3, 0.4) is 0 Å². The lowest BCUT2D eigenvalue weighted by Gasteiger charge is -2.16. The first kappa shape index (κ1) is 22.9. The SMILES string of the molecule is Cc1cc(-c2nc(COC(=O)NCC(O)c3ccc4c(c3C)COC4=O)n(C)n2)ncc1C#N. The summed E-state index contributed by atoms with van der Waals surface area (Å²) in [6, 6.07) is 7.04. The molecule has 3 heterocycles. The van der Waals surface area contributed by atoms with Gasteiger partial charge in [-0.25, -0.2) is 19.3 Å². The highest BCUT2D eigenvalue weighted by molar-refractivity contribution is 5.94. The number of carbonyl (C=O) groups excluding carboxylic acids is 2. The van der Waals surface area contributed by atoms with Crippen LogP contribution in [0.5, 0.6) is 0 Å². The fraction of sp³-hybridized carbons (Fsp3) is 0.304. The van der Waals surface area contributed by atoms with Gasteiger partial charge in [-0.2, -0.15) is 5.26 Å². The maximum atomic E-state index is 12.2. The zero-order valence-corrected chi connectivity index (χ0v) is 18.8. The smallest absolute Gasteiger partial charge is 0.407 e. The predicted octanol–water partition coefficient (Wildman–Crippen LogP) is 2.00. The summed E-state index contributed by atoms with van der Waals surface area (Å²) in [5.41, 5.74) is 4.32. The lowest BCUT2D eigenvalue weighted by molar-refractivity contribution is 0.0534. The van der Waals surface area contributed by atoms with Crippen molar-refractivity contribution in [2.45, 2.75) is 33.2 Å². The van der Waals surface area contributed by atoms with Gasteiger partial charge in [-0.3, -0.25) is 4.98 Å². The van der Waals surface area contributed by atoms with Crippen molar-refractivity contribution in [3.8, 4) is 17.6 Å². The fourth-order valence-electron chi connectivity index (χ4n) is 3.65. The van der Waals surface area contributed by atoms with Crippen LogP contribution in [-0.2, 0) is 29.7 Å². The highest BCUT2D eigenvalue weighted by atomic mass is 16.5. The summed E-state index contributed by atoms with van der Waals surface area (Å²) in [5.74, 6) is 0.366. The van der Waals surface area contributed by atoms with E-state index in [1.165, 1.54) is 10.9 Å². The third-order valence-corrected chi connectivity index (χ3v) is 5.65. The largest absolute Gasteiger partial charge is 0.457 e. The Bertz CT molecular complexity index is 1330. The van der Waals surface area contributed by atoms with E-state index in [-0.39, 0.29) is 25.7 Å². The number of nitrogens with one attached hydrogen (secondary N) is 1. The molecule has 4 rings (SSSR count). The normalized spacial score (nSPS) is 13.1. The lowest BCUT2D eigenvalue weighted by atomic mass is 9.95. The van der Waals surface area contributed by atoms with Crippen molar-refractivity contribution in [1.82, 2.24) is 25.1 Å². The molecular formula is C23H22N6O5. The van der Waals surface area contributed by atoms with Crippen LogP contribution in [0.25, 0.3) is 11.5 Å². The van der Waals surface area contributed by atoms with Crippen LogP contribution in [0.4, 0.5) is 4.79 Å². The first-order valence-electron chi connectivity index (χ1n) is 10.4. The van der Waals surface area contributed by atoms with Gasteiger partial charge in [0, 0.05) is 18.8 Å². The number of aliphatic hydroxyl groups is 1. The Kier molecular flexibility index (Phi) is 6.25.